The molecule has 9 heteroatoms. The molecular weight excluding hydrogens is 514 g/mol. The second kappa shape index (κ2) is 11.5. The van der Waals surface area contributed by atoms with E-state index in [0.717, 1.165) is 25.7 Å². The molecule has 1 heterocycles. The number of para-hydroxylation sites is 1. The van der Waals surface area contributed by atoms with E-state index in [-0.39, 0.29) is 24.7 Å². The molecule has 1 aromatic heterocycles. The van der Waals surface area contributed by atoms with Crippen molar-refractivity contribution in [3.05, 3.63) is 62.6 Å². The third-order valence-electron chi connectivity index (χ3n) is 6.00. The summed E-state index contributed by atoms with van der Waals surface area (Å²) in [5.41, 5.74) is 1.18. The predicted molar refractivity (Wildman–Crippen MR) is 138 cm³/mol. The molecule has 184 valence electrons. The Morgan fingerprint density at radius 2 is 1.97 bits per heavy atom. The molecule has 0 bridgehead atoms. The quantitative estimate of drug-likeness (QED) is 0.293. The van der Waals surface area contributed by atoms with Crippen molar-refractivity contribution in [2.45, 2.75) is 44.9 Å². The number of benzene rings is 2. The van der Waals surface area contributed by atoms with Crippen LogP contribution in [0, 0.1) is 0 Å². The summed E-state index contributed by atoms with van der Waals surface area (Å²) in [6.45, 7) is 1.79. The van der Waals surface area contributed by atoms with Gasteiger partial charge in [0.1, 0.15) is 5.82 Å². The van der Waals surface area contributed by atoms with Gasteiger partial charge in [0.05, 0.1) is 30.8 Å². The van der Waals surface area contributed by atoms with E-state index in [9.17, 15) is 9.59 Å². The molecule has 0 atom stereocenters. The molecule has 0 amide bonds. The van der Waals surface area contributed by atoms with E-state index in [1.807, 2.05) is 18.2 Å². The van der Waals surface area contributed by atoms with Crippen LogP contribution in [0.3, 0.4) is 0 Å². The number of rotatable bonds is 8. The highest BCUT2D eigenvalue weighted by Crippen LogP contribution is 2.34. The molecule has 4 rings (SSSR count). The Hall–Kier alpha value is -3.20. The van der Waals surface area contributed by atoms with Crippen LogP contribution in [0.15, 0.2) is 50.8 Å². The van der Waals surface area contributed by atoms with Gasteiger partial charge >= 0.3 is 5.97 Å². The van der Waals surface area contributed by atoms with Gasteiger partial charge in [-0.2, -0.15) is 9.78 Å². The first-order valence-electron chi connectivity index (χ1n) is 11.7. The van der Waals surface area contributed by atoms with Gasteiger partial charge in [0.25, 0.3) is 5.56 Å². The van der Waals surface area contributed by atoms with E-state index in [1.54, 1.807) is 31.3 Å². The standard InChI is InChI=1S/C26H28BrN3O5/c1-3-34-24(31)16-35-23-14-20(27)18(13-22(23)33-2)15-28-30-25(17-9-5-4-6-10-17)29-21-12-8-7-11-19(21)26(30)32/h7-8,11-15,17H,3-6,9-10,16H2,1-2H3. The van der Waals surface area contributed by atoms with Crippen molar-refractivity contribution in [1.29, 1.82) is 0 Å². The van der Waals surface area contributed by atoms with Crippen LogP contribution < -0.4 is 15.0 Å². The van der Waals surface area contributed by atoms with Crippen LogP contribution in [-0.4, -0.2) is 42.2 Å². The Bertz CT molecular complexity index is 1300. The van der Waals surface area contributed by atoms with E-state index in [0.29, 0.717) is 38.3 Å². The molecule has 0 saturated heterocycles. The van der Waals surface area contributed by atoms with Gasteiger partial charge in [-0.25, -0.2) is 9.78 Å². The zero-order valence-electron chi connectivity index (χ0n) is 19.8. The lowest BCUT2D eigenvalue weighted by Gasteiger charge is -2.22. The molecule has 3 aromatic rings. The van der Waals surface area contributed by atoms with Crippen molar-refractivity contribution in [3.8, 4) is 11.5 Å². The summed E-state index contributed by atoms with van der Waals surface area (Å²) in [5.74, 6) is 1.24. The molecular formula is C26H28BrN3O5. The maximum Gasteiger partial charge on any atom is 0.344 e. The van der Waals surface area contributed by atoms with Gasteiger partial charge in [-0.05, 0) is 60.0 Å². The molecule has 2 aromatic carbocycles. The van der Waals surface area contributed by atoms with Crippen LogP contribution in [0.1, 0.15) is 56.3 Å². The van der Waals surface area contributed by atoms with E-state index in [1.165, 1.54) is 18.2 Å². The predicted octanol–water partition coefficient (Wildman–Crippen LogP) is 5.04. The number of halogens is 1. The Morgan fingerprint density at radius 1 is 1.20 bits per heavy atom. The Labute approximate surface area is 212 Å². The second-order valence-electron chi connectivity index (χ2n) is 8.30. The Kier molecular flexibility index (Phi) is 8.17. The summed E-state index contributed by atoms with van der Waals surface area (Å²) in [6, 6.07) is 10.8. The minimum absolute atomic E-state index is 0.190. The summed E-state index contributed by atoms with van der Waals surface area (Å²) in [4.78, 5) is 29.9. The molecule has 0 aliphatic heterocycles. The van der Waals surface area contributed by atoms with Crippen LogP contribution >= 0.6 is 15.9 Å². The number of fused-ring (bicyclic) bond motifs is 1. The van der Waals surface area contributed by atoms with Crippen molar-refractivity contribution < 1.29 is 19.0 Å². The lowest BCUT2D eigenvalue weighted by Crippen LogP contribution is -2.25. The van der Waals surface area contributed by atoms with E-state index >= 15 is 0 Å². The Balaban J connectivity index is 1.70. The van der Waals surface area contributed by atoms with Crippen molar-refractivity contribution >= 4 is 39.0 Å². The maximum absolute atomic E-state index is 13.4. The molecule has 35 heavy (non-hydrogen) atoms. The van der Waals surface area contributed by atoms with E-state index in [4.69, 9.17) is 19.2 Å². The zero-order chi connectivity index (χ0) is 24.8. The molecule has 1 aliphatic carbocycles. The van der Waals surface area contributed by atoms with Crippen LogP contribution in [0.2, 0.25) is 0 Å². The van der Waals surface area contributed by atoms with Gasteiger partial charge in [-0.15, -0.1) is 0 Å². The summed E-state index contributed by atoms with van der Waals surface area (Å²) in [7, 11) is 1.51. The monoisotopic (exact) mass is 541 g/mol. The van der Waals surface area contributed by atoms with E-state index < -0.39 is 5.97 Å². The van der Waals surface area contributed by atoms with Crippen molar-refractivity contribution in [2.24, 2.45) is 5.10 Å². The number of esters is 1. The molecule has 0 spiro atoms. The third-order valence-corrected chi connectivity index (χ3v) is 6.68. The molecule has 0 radical (unpaired) electrons. The van der Waals surface area contributed by atoms with Gasteiger partial charge in [-0.1, -0.05) is 31.4 Å². The number of methoxy groups -OCH3 is 1. The van der Waals surface area contributed by atoms with Gasteiger partial charge in [0, 0.05) is 16.0 Å². The third kappa shape index (κ3) is 5.73. The van der Waals surface area contributed by atoms with Crippen molar-refractivity contribution in [2.75, 3.05) is 20.3 Å². The number of carbonyl (C=O) groups excluding carboxylic acids is 1. The second-order valence-corrected chi connectivity index (χ2v) is 9.16. The first-order chi connectivity index (χ1) is 17.0. The average Bonchev–Trinajstić information content (AvgIpc) is 2.88. The van der Waals surface area contributed by atoms with Gasteiger partial charge in [0.15, 0.2) is 18.1 Å². The molecule has 0 unspecified atom stereocenters. The fraction of sp³-hybridized carbons (Fsp3) is 0.385. The summed E-state index contributed by atoms with van der Waals surface area (Å²) < 4.78 is 18.0. The van der Waals surface area contributed by atoms with Gasteiger partial charge < -0.3 is 14.2 Å². The lowest BCUT2D eigenvalue weighted by molar-refractivity contribution is -0.145. The van der Waals surface area contributed by atoms with Crippen LogP contribution in [-0.2, 0) is 9.53 Å². The number of aromatic nitrogens is 2. The minimum Gasteiger partial charge on any atom is -0.493 e. The molecule has 8 nitrogen and oxygen atoms in total. The number of carbonyl (C=O) groups is 1. The maximum atomic E-state index is 13.4. The van der Waals surface area contributed by atoms with E-state index in [2.05, 4.69) is 21.0 Å². The molecule has 0 N–H and O–H groups in total. The number of hydrogen-bond donors (Lipinski definition) is 0. The number of hydrogen-bond acceptors (Lipinski definition) is 7. The largest absolute Gasteiger partial charge is 0.493 e. The number of nitrogens with zero attached hydrogens (tertiary/aromatic N) is 3. The topological polar surface area (TPSA) is 92.0 Å². The first-order valence-corrected chi connectivity index (χ1v) is 12.5. The molecule has 1 fully saturated rings. The van der Waals surface area contributed by atoms with Gasteiger partial charge in [0.2, 0.25) is 0 Å². The number of ether oxygens (including phenoxy) is 3. The van der Waals surface area contributed by atoms with Crippen molar-refractivity contribution in [1.82, 2.24) is 9.66 Å². The fourth-order valence-corrected chi connectivity index (χ4v) is 4.68. The highest BCUT2D eigenvalue weighted by Gasteiger charge is 2.22. The van der Waals surface area contributed by atoms with Crippen LogP contribution in [0.25, 0.3) is 10.9 Å². The summed E-state index contributed by atoms with van der Waals surface area (Å²) in [6.07, 6.45) is 7.02. The zero-order valence-corrected chi connectivity index (χ0v) is 21.4. The van der Waals surface area contributed by atoms with Gasteiger partial charge in [-0.3, -0.25) is 4.79 Å². The highest BCUT2D eigenvalue weighted by atomic mass is 79.9. The SMILES string of the molecule is CCOC(=O)COc1cc(Br)c(C=Nn2c(C3CCCCC3)nc3ccccc3c2=O)cc1OC. The normalized spacial score (nSPS) is 14.4. The smallest absolute Gasteiger partial charge is 0.344 e. The van der Waals surface area contributed by atoms with Crippen LogP contribution in [0.5, 0.6) is 11.5 Å². The Morgan fingerprint density at radius 3 is 2.71 bits per heavy atom. The first kappa shape index (κ1) is 24.9. The van der Waals surface area contributed by atoms with Crippen LogP contribution in [0.4, 0.5) is 0 Å². The highest BCUT2D eigenvalue weighted by molar-refractivity contribution is 9.10. The summed E-state index contributed by atoms with van der Waals surface area (Å²) in [5, 5.41) is 5.11. The van der Waals surface area contributed by atoms with Crippen molar-refractivity contribution in [3.63, 3.8) is 0 Å². The lowest BCUT2D eigenvalue weighted by atomic mass is 9.88. The summed E-state index contributed by atoms with van der Waals surface area (Å²) >= 11 is 3.53. The minimum atomic E-state index is -0.463. The molecule has 1 saturated carbocycles. The fourth-order valence-electron chi connectivity index (χ4n) is 4.26. The average molecular weight is 542 g/mol. The molecule has 1 aliphatic rings.